The van der Waals surface area contributed by atoms with E-state index in [0.29, 0.717) is 37.4 Å². The van der Waals surface area contributed by atoms with Crippen LogP contribution >= 0.6 is 0 Å². The predicted molar refractivity (Wildman–Crippen MR) is 192 cm³/mol. The van der Waals surface area contributed by atoms with Crippen LogP contribution in [0.4, 0.5) is 16.2 Å². The number of hydrogen-bond donors (Lipinski definition) is 3. The molecule has 264 valence electrons. The SMILES string of the molecule is CCOC(=O)CC(NCC(CC(C)C)N1C(=O)N(Cc2ccc(NC=O)c(OC)c2)C(C)(C)C1=O)c1ccccc1.Cc1ccccc1N. The van der Waals surface area contributed by atoms with Crippen LogP contribution in [0.25, 0.3) is 0 Å². The molecule has 49 heavy (non-hydrogen) atoms. The second-order valence-electron chi connectivity index (χ2n) is 12.9. The number of rotatable bonds is 15. The van der Waals surface area contributed by atoms with Crippen LogP contribution in [0.2, 0.25) is 0 Å². The van der Waals surface area contributed by atoms with Crippen LogP contribution in [0.3, 0.4) is 0 Å². The summed E-state index contributed by atoms with van der Waals surface area (Å²) in [5.41, 5.74) is 8.64. The highest BCUT2D eigenvalue weighted by molar-refractivity contribution is 6.06. The van der Waals surface area contributed by atoms with Crippen LogP contribution in [0, 0.1) is 12.8 Å². The molecule has 2 unspecified atom stereocenters. The molecule has 11 heteroatoms. The molecule has 4 amide bonds. The van der Waals surface area contributed by atoms with Gasteiger partial charge in [0.25, 0.3) is 5.91 Å². The Morgan fingerprint density at radius 1 is 1.02 bits per heavy atom. The molecule has 3 aromatic rings. The predicted octanol–water partition coefficient (Wildman–Crippen LogP) is 6.08. The van der Waals surface area contributed by atoms with Crippen molar-refractivity contribution in [2.75, 3.05) is 31.3 Å². The Morgan fingerprint density at radius 2 is 1.69 bits per heavy atom. The van der Waals surface area contributed by atoms with Gasteiger partial charge in [-0.05, 0) is 74.9 Å². The Hall–Kier alpha value is -4.90. The second kappa shape index (κ2) is 18.0. The molecule has 1 fully saturated rings. The third-order valence-electron chi connectivity index (χ3n) is 8.45. The van der Waals surface area contributed by atoms with Crippen LogP contribution in [0.5, 0.6) is 5.75 Å². The number of para-hydroxylation sites is 1. The zero-order chi connectivity index (χ0) is 36.1. The van der Waals surface area contributed by atoms with Gasteiger partial charge in [0.2, 0.25) is 6.41 Å². The largest absolute Gasteiger partial charge is 0.495 e. The summed E-state index contributed by atoms with van der Waals surface area (Å²) >= 11 is 0. The third kappa shape index (κ3) is 10.3. The topological polar surface area (TPSA) is 143 Å². The van der Waals surface area contributed by atoms with E-state index in [1.165, 1.54) is 12.0 Å². The fourth-order valence-corrected chi connectivity index (χ4v) is 5.72. The van der Waals surface area contributed by atoms with Crippen molar-refractivity contribution in [3.63, 3.8) is 0 Å². The number of carbonyl (C=O) groups is 4. The van der Waals surface area contributed by atoms with Crippen molar-refractivity contribution in [3.8, 4) is 5.75 Å². The number of nitrogens with two attached hydrogens (primary N) is 1. The van der Waals surface area contributed by atoms with Crippen molar-refractivity contribution in [1.82, 2.24) is 15.1 Å². The van der Waals surface area contributed by atoms with Gasteiger partial charge < -0.3 is 30.7 Å². The number of aryl methyl sites for hydroxylation is 1. The summed E-state index contributed by atoms with van der Waals surface area (Å²) in [5, 5.41) is 6.05. The van der Waals surface area contributed by atoms with Crippen LogP contribution in [-0.4, -0.2) is 66.0 Å². The fraction of sp³-hybridized carbons (Fsp3) is 0.421. The average Bonchev–Trinajstić information content (AvgIpc) is 3.23. The summed E-state index contributed by atoms with van der Waals surface area (Å²) in [6.45, 7) is 12.2. The number of nitrogens with one attached hydrogen (secondary N) is 2. The number of benzene rings is 3. The summed E-state index contributed by atoms with van der Waals surface area (Å²) in [6, 6.07) is 21.5. The van der Waals surface area contributed by atoms with Gasteiger partial charge in [-0.25, -0.2) is 4.79 Å². The van der Waals surface area contributed by atoms with Gasteiger partial charge >= 0.3 is 12.0 Å². The van der Waals surface area contributed by atoms with Crippen LogP contribution in [-0.2, 0) is 25.7 Å². The molecule has 0 bridgehead atoms. The molecular formula is C38H51N5O6. The molecule has 4 N–H and O–H groups in total. The lowest BCUT2D eigenvalue weighted by molar-refractivity contribution is -0.144. The Balaban J connectivity index is 0.000000710. The number of urea groups is 1. The Morgan fingerprint density at radius 3 is 2.27 bits per heavy atom. The maximum Gasteiger partial charge on any atom is 0.328 e. The molecule has 3 aromatic carbocycles. The normalized spacial score (nSPS) is 14.9. The van der Waals surface area contributed by atoms with E-state index >= 15 is 0 Å². The molecule has 2 atom stereocenters. The molecule has 0 saturated carbocycles. The fourth-order valence-electron chi connectivity index (χ4n) is 5.72. The molecule has 0 spiro atoms. The van der Waals surface area contributed by atoms with Crippen molar-refractivity contribution < 1.29 is 28.7 Å². The summed E-state index contributed by atoms with van der Waals surface area (Å²) in [4.78, 5) is 53.9. The molecular weight excluding hydrogens is 622 g/mol. The number of anilines is 2. The number of imide groups is 1. The lowest BCUT2D eigenvalue weighted by Crippen LogP contribution is -2.48. The standard InChI is InChI=1S/C31H42N4O6.C7H9N/c1-7-41-28(37)17-26(23-11-9-8-10-12-23)32-18-24(15-21(2)3)35-29(38)31(4,5)34(30(35)39)19-22-13-14-25(33-20-36)27(16-22)40-6;1-6-4-2-3-5-7(6)8/h8-14,16,20-21,24,26,32H,7,15,17-19H2,1-6H3,(H,33,36);2-5H,8H2,1H3. The number of esters is 1. The first-order valence-electron chi connectivity index (χ1n) is 16.6. The third-order valence-corrected chi connectivity index (χ3v) is 8.45. The van der Waals surface area contributed by atoms with Gasteiger partial charge in [0.05, 0.1) is 31.9 Å². The quantitative estimate of drug-likeness (QED) is 0.0762. The highest BCUT2D eigenvalue weighted by Gasteiger charge is 2.53. The number of methoxy groups -OCH3 is 1. The Bertz CT molecular complexity index is 1540. The van der Waals surface area contributed by atoms with Gasteiger partial charge in [-0.3, -0.25) is 19.3 Å². The molecule has 11 nitrogen and oxygen atoms in total. The molecule has 1 aliphatic heterocycles. The number of amides is 4. The Labute approximate surface area is 290 Å². The van der Waals surface area contributed by atoms with Crippen molar-refractivity contribution in [1.29, 1.82) is 0 Å². The number of carbonyl (C=O) groups excluding carboxylic acids is 4. The first-order valence-corrected chi connectivity index (χ1v) is 16.6. The highest BCUT2D eigenvalue weighted by atomic mass is 16.5. The van der Waals surface area contributed by atoms with E-state index in [2.05, 4.69) is 24.5 Å². The van der Waals surface area contributed by atoms with Crippen molar-refractivity contribution in [3.05, 3.63) is 89.5 Å². The first-order chi connectivity index (χ1) is 23.3. The Kier molecular flexibility index (Phi) is 14.2. The van der Waals surface area contributed by atoms with E-state index in [0.717, 1.165) is 22.4 Å². The van der Waals surface area contributed by atoms with Crippen LogP contribution in [0.1, 0.15) is 70.2 Å². The van der Waals surface area contributed by atoms with Crippen molar-refractivity contribution >= 4 is 35.7 Å². The number of hydrogen-bond acceptors (Lipinski definition) is 8. The van der Waals surface area contributed by atoms with E-state index in [-0.39, 0.29) is 42.8 Å². The van der Waals surface area contributed by atoms with Crippen LogP contribution in [0.15, 0.2) is 72.8 Å². The molecule has 1 aliphatic rings. The summed E-state index contributed by atoms with van der Waals surface area (Å²) < 4.78 is 10.6. The smallest absolute Gasteiger partial charge is 0.328 e. The van der Waals surface area contributed by atoms with Gasteiger partial charge in [0.15, 0.2) is 0 Å². The van der Waals surface area contributed by atoms with Gasteiger partial charge in [-0.2, -0.15) is 0 Å². The monoisotopic (exact) mass is 673 g/mol. The molecule has 1 heterocycles. The molecule has 4 rings (SSSR count). The van der Waals surface area contributed by atoms with Crippen LogP contribution < -0.4 is 21.1 Å². The van der Waals surface area contributed by atoms with Gasteiger partial charge in [-0.15, -0.1) is 0 Å². The van der Waals surface area contributed by atoms with Gasteiger partial charge in [0, 0.05) is 24.8 Å². The van der Waals surface area contributed by atoms with E-state index in [1.807, 2.05) is 61.5 Å². The zero-order valence-electron chi connectivity index (χ0n) is 29.7. The highest BCUT2D eigenvalue weighted by Crippen LogP contribution is 2.34. The number of nitrogen functional groups attached to an aromatic ring is 1. The minimum absolute atomic E-state index is 0.128. The lowest BCUT2D eigenvalue weighted by Gasteiger charge is -2.30. The minimum atomic E-state index is -1.08. The molecule has 0 aromatic heterocycles. The number of nitrogens with zero attached hydrogens (tertiary/aromatic N) is 2. The zero-order valence-corrected chi connectivity index (χ0v) is 29.7. The van der Waals surface area contributed by atoms with E-state index in [1.54, 1.807) is 43.9 Å². The molecule has 0 radical (unpaired) electrons. The maximum atomic E-state index is 13.9. The summed E-state index contributed by atoms with van der Waals surface area (Å²) in [7, 11) is 1.50. The van der Waals surface area contributed by atoms with E-state index < -0.39 is 11.6 Å². The van der Waals surface area contributed by atoms with Gasteiger partial charge in [0.1, 0.15) is 11.3 Å². The summed E-state index contributed by atoms with van der Waals surface area (Å²) in [5.74, 6) is 0.0714. The maximum absolute atomic E-state index is 13.9. The van der Waals surface area contributed by atoms with E-state index in [9.17, 15) is 19.2 Å². The van der Waals surface area contributed by atoms with Gasteiger partial charge in [-0.1, -0.05) is 68.4 Å². The van der Waals surface area contributed by atoms with Crippen molar-refractivity contribution in [2.24, 2.45) is 5.92 Å². The van der Waals surface area contributed by atoms with Crippen molar-refractivity contribution in [2.45, 2.75) is 78.6 Å². The number of ether oxygens (including phenoxy) is 2. The summed E-state index contributed by atoms with van der Waals surface area (Å²) in [6.07, 6.45) is 1.29. The molecule has 0 aliphatic carbocycles. The average molecular weight is 674 g/mol. The minimum Gasteiger partial charge on any atom is -0.495 e. The lowest BCUT2D eigenvalue weighted by atomic mass is 9.98. The second-order valence-corrected chi connectivity index (χ2v) is 12.9. The molecule has 1 saturated heterocycles. The first kappa shape index (κ1) is 38.5. The van der Waals surface area contributed by atoms with E-state index in [4.69, 9.17) is 15.2 Å².